The molecule has 0 saturated carbocycles. The molecule has 152 valence electrons. The molecule has 4 aromatic rings. The van der Waals surface area contributed by atoms with Gasteiger partial charge in [0.25, 0.3) is 0 Å². The number of hydrogen-bond acceptors (Lipinski definition) is 5. The maximum Gasteiger partial charge on any atom is 0.249 e. The maximum atomic E-state index is 12.0. The predicted molar refractivity (Wildman–Crippen MR) is 121 cm³/mol. The zero-order valence-corrected chi connectivity index (χ0v) is 17.2. The summed E-state index contributed by atoms with van der Waals surface area (Å²) in [7, 11) is 3.91. The van der Waals surface area contributed by atoms with Crippen molar-refractivity contribution in [2.45, 2.75) is 13.5 Å². The van der Waals surface area contributed by atoms with Gasteiger partial charge >= 0.3 is 0 Å². The highest BCUT2D eigenvalue weighted by molar-refractivity contribution is 6.11. The Bertz CT molecular complexity index is 1210. The van der Waals surface area contributed by atoms with E-state index < -0.39 is 5.91 Å². The monoisotopic (exact) mass is 400 g/mol. The van der Waals surface area contributed by atoms with Crippen LogP contribution in [0.5, 0.6) is 0 Å². The van der Waals surface area contributed by atoms with Crippen LogP contribution in [0, 0.1) is 6.92 Å². The van der Waals surface area contributed by atoms with Gasteiger partial charge in [0.2, 0.25) is 5.91 Å². The van der Waals surface area contributed by atoms with Crippen molar-refractivity contribution in [3.63, 3.8) is 0 Å². The number of nitrogens with two attached hydrogens (primary N) is 1. The van der Waals surface area contributed by atoms with Crippen molar-refractivity contribution >= 4 is 28.3 Å². The second-order valence-electron chi connectivity index (χ2n) is 7.38. The Balaban J connectivity index is 1.82. The van der Waals surface area contributed by atoms with Crippen LogP contribution in [0.1, 0.15) is 21.6 Å². The average molecular weight is 400 g/mol. The highest BCUT2D eigenvalue weighted by Gasteiger charge is 2.20. The number of primary amides is 1. The summed E-state index contributed by atoms with van der Waals surface area (Å²) in [5.41, 5.74) is 10.6. The third kappa shape index (κ3) is 3.57. The second kappa shape index (κ2) is 7.87. The van der Waals surface area contributed by atoms with E-state index in [1.807, 2.05) is 56.3 Å². The molecule has 0 atom stereocenters. The molecular formula is C23H24N6O. The normalized spacial score (nSPS) is 10.9. The first-order valence-corrected chi connectivity index (χ1v) is 9.69. The number of aryl methyl sites for hydroxylation is 1. The maximum absolute atomic E-state index is 12.0. The molecule has 1 amide bonds. The van der Waals surface area contributed by atoms with E-state index in [-0.39, 0.29) is 0 Å². The van der Waals surface area contributed by atoms with Crippen molar-refractivity contribution < 1.29 is 4.79 Å². The molecule has 0 unspecified atom stereocenters. The van der Waals surface area contributed by atoms with Crippen LogP contribution in [0.25, 0.3) is 22.3 Å². The first kappa shape index (κ1) is 19.4. The summed E-state index contributed by atoms with van der Waals surface area (Å²) in [4.78, 5) is 26.7. The van der Waals surface area contributed by atoms with Crippen LogP contribution in [-0.4, -0.2) is 35.0 Å². The minimum atomic E-state index is -0.479. The van der Waals surface area contributed by atoms with Crippen molar-refractivity contribution in [3.8, 4) is 11.4 Å². The minimum absolute atomic E-state index is 0.450. The van der Waals surface area contributed by atoms with E-state index in [1.165, 1.54) is 0 Å². The van der Waals surface area contributed by atoms with Gasteiger partial charge in [0.1, 0.15) is 0 Å². The van der Waals surface area contributed by atoms with Gasteiger partial charge in [-0.3, -0.25) is 4.79 Å². The van der Waals surface area contributed by atoms with Crippen molar-refractivity contribution in [3.05, 3.63) is 71.5 Å². The fraction of sp³-hybridized carbons (Fsp3) is 0.174. The molecule has 2 heterocycles. The van der Waals surface area contributed by atoms with Crippen LogP contribution in [0.15, 0.2) is 54.7 Å². The third-order valence-corrected chi connectivity index (χ3v) is 5.05. The average Bonchev–Trinajstić information content (AvgIpc) is 3.08. The van der Waals surface area contributed by atoms with Gasteiger partial charge in [0.15, 0.2) is 11.6 Å². The second-order valence-corrected chi connectivity index (χ2v) is 7.38. The number of carbonyl (C=O) groups excluding carboxylic acids is 1. The van der Waals surface area contributed by atoms with E-state index in [4.69, 9.17) is 10.7 Å². The van der Waals surface area contributed by atoms with Gasteiger partial charge in [-0.15, -0.1) is 0 Å². The fourth-order valence-electron chi connectivity index (χ4n) is 3.60. The number of anilines is 2. The molecule has 0 aliphatic heterocycles. The predicted octanol–water partition coefficient (Wildman–Crippen LogP) is 3.71. The van der Waals surface area contributed by atoms with Crippen LogP contribution in [0.2, 0.25) is 0 Å². The lowest BCUT2D eigenvalue weighted by molar-refractivity contribution is 0.100. The number of nitrogens with zero attached hydrogens (tertiary/aromatic N) is 3. The summed E-state index contributed by atoms with van der Waals surface area (Å²) < 4.78 is 0. The van der Waals surface area contributed by atoms with Gasteiger partial charge in [0, 0.05) is 48.4 Å². The van der Waals surface area contributed by atoms with Gasteiger partial charge < -0.3 is 20.9 Å². The van der Waals surface area contributed by atoms with Crippen molar-refractivity contribution in [1.82, 2.24) is 15.0 Å². The molecule has 0 spiro atoms. The largest absolute Gasteiger partial charge is 0.373 e. The molecule has 2 aromatic heterocycles. The fourth-order valence-corrected chi connectivity index (χ4v) is 3.60. The topological polar surface area (TPSA) is 99.9 Å². The van der Waals surface area contributed by atoms with Crippen molar-refractivity contribution in [1.29, 1.82) is 0 Å². The van der Waals surface area contributed by atoms with Crippen LogP contribution < -0.4 is 16.0 Å². The summed E-state index contributed by atoms with van der Waals surface area (Å²) in [5.74, 6) is 0.779. The molecule has 0 aliphatic rings. The van der Waals surface area contributed by atoms with Crippen molar-refractivity contribution in [2.75, 3.05) is 24.3 Å². The first-order chi connectivity index (χ1) is 14.5. The quantitative estimate of drug-likeness (QED) is 0.458. The standard InChI is InChI=1S/C23H24N6O/c1-14-19(20-16(21(24)30)10-7-11-17(20)27-14)23-26-13-18(29(2)3)22(28-23)25-12-15-8-5-4-6-9-15/h4-11,13,27H,12H2,1-3H3,(H2,24,30)(H,25,26,28). The Labute approximate surface area is 175 Å². The number of fused-ring (bicyclic) bond motifs is 1. The number of aromatic amines is 1. The van der Waals surface area contributed by atoms with E-state index in [2.05, 4.69) is 27.4 Å². The van der Waals surface area contributed by atoms with Gasteiger partial charge in [-0.05, 0) is 24.6 Å². The van der Waals surface area contributed by atoms with E-state index in [0.717, 1.165) is 39.2 Å². The highest BCUT2D eigenvalue weighted by atomic mass is 16.1. The molecule has 4 rings (SSSR count). The summed E-state index contributed by atoms with van der Waals surface area (Å²) in [6.07, 6.45) is 1.79. The Hall–Kier alpha value is -3.87. The van der Waals surface area contributed by atoms with Crippen LogP contribution in [0.4, 0.5) is 11.5 Å². The number of carbonyl (C=O) groups is 1. The molecule has 7 heteroatoms. The molecule has 2 aromatic carbocycles. The highest BCUT2D eigenvalue weighted by Crippen LogP contribution is 2.34. The molecule has 0 saturated heterocycles. The minimum Gasteiger partial charge on any atom is -0.373 e. The van der Waals surface area contributed by atoms with Gasteiger partial charge in [-0.25, -0.2) is 9.97 Å². The summed E-state index contributed by atoms with van der Waals surface area (Å²) >= 11 is 0. The van der Waals surface area contributed by atoms with E-state index in [0.29, 0.717) is 17.9 Å². The Kier molecular flexibility index (Phi) is 5.10. The van der Waals surface area contributed by atoms with Crippen LogP contribution in [-0.2, 0) is 6.54 Å². The molecular weight excluding hydrogens is 376 g/mol. The van der Waals surface area contributed by atoms with E-state index in [1.54, 1.807) is 12.3 Å². The summed E-state index contributed by atoms with van der Waals surface area (Å²) in [6.45, 7) is 2.58. The zero-order chi connectivity index (χ0) is 21.3. The van der Waals surface area contributed by atoms with E-state index in [9.17, 15) is 4.79 Å². The van der Waals surface area contributed by atoms with Gasteiger partial charge in [-0.2, -0.15) is 0 Å². The van der Waals surface area contributed by atoms with Gasteiger partial charge in [0.05, 0.1) is 11.9 Å². The molecule has 0 bridgehead atoms. The van der Waals surface area contributed by atoms with Crippen LogP contribution >= 0.6 is 0 Å². The molecule has 7 nitrogen and oxygen atoms in total. The van der Waals surface area contributed by atoms with Crippen molar-refractivity contribution in [2.24, 2.45) is 5.73 Å². The van der Waals surface area contributed by atoms with Crippen LogP contribution in [0.3, 0.4) is 0 Å². The smallest absolute Gasteiger partial charge is 0.249 e. The summed E-state index contributed by atoms with van der Waals surface area (Å²) in [5, 5.41) is 4.17. The number of benzene rings is 2. The first-order valence-electron chi connectivity index (χ1n) is 9.69. The molecule has 0 aliphatic carbocycles. The number of rotatable bonds is 6. The van der Waals surface area contributed by atoms with Gasteiger partial charge in [-0.1, -0.05) is 36.4 Å². The molecule has 0 radical (unpaired) electrons. The number of H-pyrrole nitrogens is 1. The number of amides is 1. The Morgan fingerprint density at radius 1 is 1.13 bits per heavy atom. The zero-order valence-electron chi connectivity index (χ0n) is 17.2. The Morgan fingerprint density at radius 2 is 1.90 bits per heavy atom. The lowest BCUT2D eigenvalue weighted by Gasteiger charge is -2.18. The third-order valence-electron chi connectivity index (χ3n) is 5.05. The lowest BCUT2D eigenvalue weighted by atomic mass is 10.0. The Morgan fingerprint density at radius 3 is 2.60 bits per heavy atom. The summed E-state index contributed by atoms with van der Waals surface area (Å²) in [6, 6.07) is 15.6. The lowest BCUT2D eigenvalue weighted by Crippen LogP contribution is -2.14. The number of aromatic nitrogens is 3. The number of hydrogen-bond donors (Lipinski definition) is 3. The number of nitrogens with one attached hydrogen (secondary N) is 2. The molecule has 30 heavy (non-hydrogen) atoms. The SMILES string of the molecule is Cc1[nH]c2cccc(C(N)=O)c2c1-c1ncc(N(C)C)c(NCc2ccccc2)n1. The molecule has 0 fully saturated rings. The van der Waals surface area contributed by atoms with E-state index >= 15 is 0 Å². The molecule has 4 N–H and O–H groups in total.